The second kappa shape index (κ2) is 6.96. The Morgan fingerprint density at radius 1 is 1.08 bits per heavy atom. The highest BCUT2D eigenvalue weighted by Gasteiger charge is 2.21. The molecule has 0 atom stereocenters. The van der Waals surface area contributed by atoms with Gasteiger partial charge in [0, 0.05) is 6.20 Å². The van der Waals surface area contributed by atoms with E-state index in [1.54, 1.807) is 36.4 Å². The average Bonchev–Trinajstić information content (AvgIpc) is 3.09. The minimum absolute atomic E-state index is 0.161. The Morgan fingerprint density at radius 3 is 2.60 bits per heavy atom. The molecule has 0 aliphatic rings. The van der Waals surface area contributed by atoms with Crippen molar-refractivity contribution in [2.75, 3.05) is 10.0 Å². The first kappa shape index (κ1) is 17.0. The Labute approximate surface area is 148 Å². The maximum Gasteiger partial charge on any atom is 0.295 e. The third kappa shape index (κ3) is 3.98. The predicted octanol–water partition coefficient (Wildman–Crippen LogP) is 3.38. The molecule has 7 nitrogen and oxygen atoms in total. The fraction of sp³-hybridized carbons (Fsp3) is 0. The highest BCUT2D eigenvalue weighted by atomic mass is 35.5. The van der Waals surface area contributed by atoms with E-state index in [4.69, 9.17) is 16.0 Å². The quantitative estimate of drug-likeness (QED) is 0.709. The average molecular weight is 378 g/mol. The third-order valence-electron chi connectivity index (χ3n) is 3.11. The first-order valence-electron chi connectivity index (χ1n) is 7.04. The molecule has 3 aromatic rings. The molecule has 9 heteroatoms. The molecule has 0 aliphatic carbocycles. The van der Waals surface area contributed by atoms with Gasteiger partial charge in [0.1, 0.15) is 0 Å². The maximum atomic E-state index is 12.3. The largest absolute Gasteiger partial charge is 0.438 e. The molecule has 0 spiro atoms. The monoisotopic (exact) mass is 377 g/mol. The highest BCUT2D eigenvalue weighted by molar-refractivity contribution is 7.92. The Balaban J connectivity index is 1.77. The van der Waals surface area contributed by atoms with E-state index in [2.05, 4.69) is 15.0 Å². The van der Waals surface area contributed by atoms with Crippen LogP contribution < -0.4 is 10.0 Å². The van der Waals surface area contributed by atoms with Crippen molar-refractivity contribution in [3.8, 4) is 0 Å². The van der Waals surface area contributed by atoms with Gasteiger partial charge in [0.15, 0.2) is 5.76 Å². The summed E-state index contributed by atoms with van der Waals surface area (Å²) in [5.41, 5.74) is 0.671. The van der Waals surface area contributed by atoms with Crippen LogP contribution in [0.2, 0.25) is 5.02 Å². The first-order valence-corrected chi connectivity index (χ1v) is 8.90. The van der Waals surface area contributed by atoms with Gasteiger partial charge in [-0.25, -0.2) is 0 Å². The van der Waals surface area contributed by atoms with Gasteiger partial charge in [-0.1, -0.05) is 23.7 Å². The van der Waals surface area contributed by atoms with E-state index >= 15 is 0 Å². The number of sulfonamides is 1. The summed E-state index contributed by atoms with van der Waals surface area (Å²) in [5, 5.41) is 2.52. The Kier molecular flexibility index (Phi) is 4.73. The summed E-state index contributed by atoms with van der Waals surface area (Å²) in [7, 11) is -3.97. The summed E-state index contributed by atoms with van der Waals surface area (Å²) >= 11 is 5.97. The number of anilines is 2. The van der Waals surface area contributed by atoms with Gasteiger partial charge in [0.25, 0.3) is 15.9 Å². The van der Waals surface area contributed by atoms with Crippen molar-refractivity contribution in [3.63, 3.8) is 0 Å². The van der Waals surface area contributed by atoms with Crippen molar-refractivity contribution in [2.24, 2.45) is 0 Å². The molecule has 2 heterocycles. The minimum atomic E-state index is -3.97. The summed E-state index contributed by atoms with van der Waals surface area (Å²) in [5.74, 6) is -0.776. The molecule has 1 amide bonds. The number of halogens is 1. The number of benzene rings is 1. The SMILES string of the molecule is O=C(Nc1ccccc1Cl)c1ccc(S(=O)(=O)Nc2cccnc2)o1. The van der Waals surface area contributed by atoms with Crippen LogP contribution in [0.25, 0.3) is 0 Å². The standard InChI is InChI=1S/C16H12ClN3O4S/c17-12-5-1-2-6-13(12)19-16(21)14-7-8-15(24-14)25(22,23)20-11-4-3-9-18-10-11/h1-10,20H,(H,19,21). The summed E-state index contributed by atoms with van der Waals surface area (Å²) in [6.45, 7) is 0. The van der Waals surface area contributed by atoms with E-state index in [1.807, 2.05) is 0 Å². The molecule has 0 aliphatic heterocycles. The minimum Gasteiger partial charge on any atom is -0.438 e. The van der Waals surface area contributed by atoms with Crippen LogP contribution in [0.3, 0.4) is 0 Å². The molecule has 0 fully saturated rings. The highest BCUT2D eigenvalue weighted by Crippen LogP contribution is 2.23. The zero-order valence-electron chi connectivity index (χ0n) is 12.6. The number of hydrogen-bond donors (Lipinski definition) is 2. The van der Waals surface area contributed by atoms with Gasteiger partial charge in [0.2, 0.25) is 5.09 Å². The number of amides is 1. The van der Waals surface area contributed by atoms with Crippen molar-refractivity contribution < 1.29 is 17.6 Å². The van der Waals surface area contributed by atoms with Crippen molar-refractivity contribution in [1.82, 2.24) is 4.98 Å². The van der Waals surface area contributed by atoms with Crippen LogP contribution >= 0.6 is 11.6 Å². The van der Waals surface area contributed by atoms with Crippen LogP contribution in [0.5, 0.6) is 0 Å². The summed E-state index contributed by atoms with van der Waals surface area (Å²) in [6.07, 6.45) is 2.87. The summed E-state index contributed by atoms with van der Waals surface area (Å²) in [4.78, 5) is 16.0. The summed E-state index contributed by atoms with van der Waals surface area (Å²) in [6, 6.07) is 12.2. The van der Waals surface area contributed by atoms with E-state index in [9.17, 15) is 13.2 Å². The molecule has 0 saturated heterocycles. The molecule has 0 unspecified atom stereocenters. The zero-order valence-corrected chi connectivity index (χ0v) is 14.2. The molecular weight excluding hydrogens is 366 g/mol. The summed E-state index contributed by atoms with van der Waals surface area (Å²) < 4.78 is 32.0. The number of nitrogens with zero attached hydrogens (tertiary/aromatic N) is 1. The molecule has 0 saturated carbocycles. The molecule has 2 aromatic heterocycles. The van der Waals surface area contributed by atoms with E-state index in [1.165, 1.54) is 24.5 Å². The first-order chi connectivity index (χ1) is 12.0. The van der Waals surface area contributed by atoms with Gasteiger partial charge in [-0.3, -0.25) is 14.5 Å². The van der Waals surface area contributed by atoms with Gasteiger partial charge in [-0.2, -0.15) is 8.42 Å². The number of hydrogen-bond acceptors (Lipinski definition) is 5. The molecule has 25 heavy (non-hydrogen) atoms. The number of furan rings is 1. The molecule has 3 rings (SSSR count). The molecule has 0 radical (unpaired) electrons. The van der Waals surface area contributed by atoms with Gasteiger partial charge >= 0.3 is 0 Å². The second-order valence-electron chi connectivity index (χ2n) is 4.90. The number of pyridine rings is 1. The van der Waals surface area contributed by atoms with E-state index in [0.29, 0.717) is 10.7 Å². The van der Waals surface area contributed by atoms with Crippen LogP contribution in [0, 0.1) is 0 Å². The van der Waals surface area contributed by atoms with E-state index in [0.717, 1.165) is 0 Å². The zero-order chi connectivity index (χ0) is 17.9. The number of rotatable bonds is 5. The molecular formula is C16H12ClN3O4S. The normalized spacial score (nSPS) is 11.1. The van der Waals surface area contributed by atoms with Gasteiger partial charge in [0.05, 0.1) is 22.6 Å². The predicted molar refractivity (Wildman–Crippen MR) is 93.2 cm³/mol. The van der Waals surface area contributed by atoms with Gasteiger partial charge < -0.3 is 9.73 Å². The second-order valence-corrected chi connectivity index (χ2v) is 6.92. The van der Waals surface area contributed by atoms with Crippen LogP contribution in [0.15, 0.2) is 70.4 Å². The van der Waals surface area contributed by atoms with Crippen molar-refractivity contribution >= 4 is 38.9 Å². The van der Waals surface area contributed by atoms with Gasteiger partial charge in [-0.05, 0) is 36.4 Å². The lowest BCUT2D eigenvalue weighted by atomic mass is 10.3. The molecule has 128 valence electrons. The van der Waals surface area contributed by atoms with Crippen LogP contribution in [0.4, 0.5) is 11.4 Å². The lowest BCUT2D eigenvalue weighted by Gasteiger charge is -2.06. The fourth-order valence-electron chi connectivity index (χ4n) is 1.96. The van der Waals surface area contributed by atoms with Crippen LogP contribution in [-0.2, 0) is 10.0 Å². The molecule has 0 bridgehead atoms. The van der Waals surface area contributed by atoms with E-state index < -0.39 is 15.9 Å². The Bertz CT molecular complexity index is 1000. The Morgan fingerprint density at radius 2 is 1.88 bits per heavy atom. The van der Waals surface area contributed by atoms with Crippen molar-refractivity contribution in [2.45, 2.75) is 5.09 Å². The van der Waals surface area contributed by atoms with Crippen LogP contribution in [0.1, 0.15) is 10.6 Å². The number of para-hydroxylation sites is 1. The molecule has 2 N–H and O–H groups in total. The van der Waals surface area contributed by atoms with Gasteiger partial charge in [-0.15, -0.1) is 0 Å². The van der Waals surface area contributed by atoms with Crippen LogP contribution in [-0.4, -0.2) is 19.3 Å². The number of carbonyl (C=O) groups is 1. The lowest BCUT2D eigenvalue weighted by molar-refractivity contribution is 0.0991. The number of carbonyl (C=O) groups excluding carboxylic acids is 1. The third-order valence-corrected chi connectivity index (χ3v) is 4.69. The number of nitrogens with one attached hydrogen (secondary N) is 2. The van der Waals surface area contributed by atoms with Crippen molar-refractivity contribution in [1.29, 1.82) is 0 Å². The number of aromatic nitrogens is 1. The smallest absolute Gasteiger partial charge is 0.295 e. The lowest BCUT2D eigenvalue weighted by Crippen LogP contribution is -2.13. The topological polar surface area (TPSA) is 101 Å². The Hall–Kier alpha value is -2.84. The fourth-order valence-corrected chi connectivity index (χ4v) is 3.12. The van der Waals surface area contributed by atoms with Crippen molar-refractivity contribution in [3.05, 3.63) is 71.7 Å². The maximum absolute atomic E-state index is 12.3. The molecule has 1 aromatic carbocycles. The van der Waals surface area contributed by atoms with E-state index in [-0.39, 0.29) is 16.5 Å².